The lowest BCUT2D eigenvalue weighted by molar-refractivity contribution is -0.117. The van der Waals surface area contributed by atoms with Crippen LogP contribution in [0.2, 0.25) is 0 Å². The van der Waals surface area contributed by atoms with Gasteiger partial charge in [-0.25, -0.2) is 0 Å². The zero-order valence-corrected chi connectivity index (χ0v) is 13.2. The van der Waals surface area contributed by atoms with Gasteiger partial charge in [0, 0.05) is 11.3 Å². The van der Waals surface area contributed by atoms with Gasteiger partial charge in [-0.15, -0.1) is 10.2 Å². The normalized spacial score (nSPS) is 10.6. The lowest BCUT2D eigenvalue weighted by Crippen LogP contribution is -2.20. The first-order valence-corrected chi connectivity index (χ1v) is 7.48. The van der Waals surface area contributed by atoms with Crippen LogP contribution in [-0.4, -0.2) is 31.2 Å². The molecule has 7 nitrogen and oxygen atoms in total. The molecule has 2 N–H and O–H groups in total. The van der Waals surface area contributed by atoms with Crippen molar-refractivity contribution in [1.29, 1.82) is 0 Å². The van der Waals surface area contributed by atoms with Crippen LogP contribution in [0, 0.1) is 6.92 Å². The first kappa shape index (κ1) is 15.8. The van der Waals surface area contributed by atoms with Crippen LogP contribution in [0.5, 0.6) is 0 Å². The van der Waals surface area contributed by atoms with Gasteiger partial charge in [0.05, 0.1) is 6.61 Å². The fourth-order valence-corrected chi connectivity index (χ4v) is 2.20. The quantitative estimate of drug-likeness (QED) is 0.746. The maximum atomic E-state index is 12.1. The topological polar surface area (TPSA) is 92.9 Å². The Hall–Kier alpha value is -3.06. The lowest BCUT2D eigenvalue weighted by atomic mass is 10.1. The summed E-state index contributed by atoms with van der Waals surface area (Å²) in [5.41, 5.74) is 3.34. The number of hydrogen-bond acceptors (Lipinski definition) is 5. The SMILES string of the molecule is Cc1ccc(-c2nnn(CC(=O)Nc3cccc(CO)c3)n2)cc1. The van der Waals surface area contributed by atoms with E-state index in [4.69, 9.17) is 5.11 Å². The van der Waals surface area contributed by atoms with E-state index in [0.717, 1.165) is 16.7 Å². The maximum Gasteiger partial charge on any atom is 0.248 e. The molecule has 0 saturated carbocycles. The molecule has 0 aliphatic carbocycles. The molecule has 24 heavy (non-hydrogen) atoms. The Morgan fingerprint density at radius 2 is 2.00 bits per heavy atom. The van der Waals surface area contributed by atoms with Gasteiger partial charge in [-0.2, -0.15) is 4.80 Å². The second kappa shape index (κ2) is 7.01. The third-order valence-electron chi connectivity index (χ3n) is 3.44. The molecule has 2 aromatic carbocycles. The van der Waals surface area contributed by atoms with E-state index >= 15 is 0 Å². The molecule has 1 amide bonds. The van der Waals surface area contributed by atoms with Gasteiger partial charge in [-0.3, -0.25) is 4.79 Å². The Morgan fingerprint density at radius 3 is 2.75 bits per heavy atom. The summed E-state index contributed by atoms with van der Waals surface area (Å²) in [6, 6.07) is 14.8. The number of aryl methyl sites for hydroxylation is 1. The standard InChI is InChI=1S/C17H17N5O2/c1-12-5-7-14(8-6-12)17-19-21-22(20-17)10-16(24)18-15-4-2-3-13(9-15)11-23/h2-9,23H,10-11H2,1H3,(H,18,24). The van der Waals surface area contributed by atoms with Gasteiger partial charge in [0.25, 0.3) is 0 Å². The van der Waals surface area contributed by atoms with E-state index in [2.05, 4.69) is 20.7 Å². The van der Waals surface area contributed by atoms with Crippen molar-refractivity contribution in [3.05, 3.63) is 59.7 Å². The fraction of sp³-hybridized carbons (Fsp3) is 0.176. The summed E-state index contributed by atoms with van der Waals surface area (Å²) < 4.78 is 0. The number of hydrogen-bond donors (Lipinski definition) is 2. The largest absolute Gasteiger partial charge is 0.392 e. The summed E-state index contributed by atoms with van der Waals surface area (Å²) in [4.78, 5) is 13.3. The number of nitrogens with zero attached hydrogens (tertiary/aromatic N) is 4. The van der Waals surface area contributed by atoms with E-state index in [1.165, 1.54) is 4.80 Å². The van der Waals surface area contributed by atoms with Gasteiger partial charge in [0.2, 0.25) is 11.7 Å². The average Bonchev–Trinajstić information content (AvgIpc) is 3.04. The van der Waals surface area contributed by atoms with Crippen molar-refractivity contribution >= 4 is 11.6 Å². The molecule has 7 heteroatoms. The second-order valence-corrected chi connectivity index (χ2v) is 5.42. The van der Waals surface area contributed by atoms with E-state index in [1.807, 2.05) is 31.2 Å². The zero-order valence-electron chi connectivity index (χ0n) is 13.2. The number of amides is 1. The summed E-state index contributed by atoms with van der Waals surface area (Å²) in [6.45, 7) is 1.89. The highest BCUT2D eigenvalue weighted by Gasteiger charge is 2.09. The highest BCUT2D eigenvalue weighted by Crippen LogP contribution is 2.14. The van der Waals surface area contributed by atoms with Crippen molar-refractivity contribution in [3.8, 4) is 11.4 Å². The first-order chi connectivity index (χ1) is 11.6. The summed E-state index contributed by atoms with van der Waals surface area (Å²) in [5.74, 6) is 0.211. The van der Waals surface area contributed by atoms with Crippen LogP contribution in [0.4, 0.5) is 5.69 Å². The van der Waals surface area contributed by atoms with Crippen molar-refractivity contribution in [1.82, 2.24) is 20.2 Å². The van der Waals surface area contributed by atoms with Crippen LogP contribution < -0.4 is 5.32 Å². The van der Waals surface area contributed by atoms with Crippen molar-refractivity contribution in [2.45, 2.75) is 20.1 Å². The Kier molecular flexibility index (Phi) is 4.62. The number of carbonyl (C=O) groups is 1. The third-order valence-corrected chi connectivity index (χ3v) is 3.44. The second-order valence-electron chi connectivity index (χ2n) is 5.42. The van der Waals surface area contributed by atoms with Gasteiger partial charge in [0.1, 0.15) is 6.54 Å². The Labute approximate surface area is 138 Å². The molecular weight excluding hydrogens is 306 g/mol. The number of aromatic nitrogens is 4. The molecule has 0 spiro atoms. The maximum absolute atomic E-state index is 12.1. The molecule has 3 aromatic rings. The minimum Gasteiger partial charge on any atom is -0.392 e. The molecule has 1 heterocycles. The average molecular weight is 323 g/mol. The number of carbonyl (C=O) groups excluding carboxylic acids is 1. The van der Waals surface area contributed by atoms with Crippen LogP contribution >= 0.6 is 0 Å². The van der Waals surface area contributed by atoms with E-state index < -0.39 is 0 Å². The Morgan fingerprint density at radius 1 is 1.21 bits per heavy atom. The van der Waals surface area contributed by atoms with Gasteiger partial charge in [-0.1, -0.05) is 42.0 Å². The molecule has 0 saturated heterocycles. The van der Waals surface area contributed by atoms with Crippen LogP contribution in [0.15, 0.2) is 48.5 Å². The predicted octanol–water partition coefficient (Wildman–Crippen LogP) is 1.78. The number of benzene rings is 2. The van der Waals surface area contributed by atoms with Crippen molar-refractivity contribution < 1.29 is 9.90 Å². The number of aliphatic hydroxyl groups is 1. The van der Waals surface area contributed by atoms with Crippen LogP contribution in [0.1, 0.15) is 11.1 Å². The molecule has 0 atom stereocenters. The Bertz CT molecular complexity index is 842. The van der Waals surface area contributed by atoms with Crippen molar-refractivity contribution in [2.24, 2.45) is 0 Å². The van der Waals surface area contributed by atoms with Crippen LogP contribution in [0.3, 0.4) is 0 Å². The molecule has 0 radical (unpaired) electrons. The fourth-order valence-electron chi connectivity index (χ4n) is 2.20. The number of nitrogens with one attached hydrogen (secondary N) is 1. The number of rotatable bonds is 5. The molecule has 0 aliphatic rings. The van der Waals surface area contributed by atoms with Crippen LogP contribution in [-0.2, 0) is 17.9 Å². The van der Waals surface area contributed by atoms with E-state index in [1.54, 1.807) is 24.3 Å². The molecule has 0 unspecified atom stereocenters. The molecule has 1 aromatic heterocycles. The summed E-state index contributed by atoms with van der Waals surface area (Å²) >= 11 is 0. The van der Waals surface area contributed by atoms with Gasteiger partial charge in [-0.05, 0) is 29.8 Å². The Balaban J connectivity index is 1.65. The van der Waals surface area contributed by atoms with E-state index in [0.29, 0.717) is 11.5 Å². The summed E-state index contributed by atoms with van der Waals surface area (Å²) in [7, 11) is 0. The highest BCUT2D eigenvalue weighted by molar-refractivity contribution is 5.90. The third kappa shape index (κ3) is 3.82. The molecule has 0 aliphatic heterocycles. The monoisotopic (exact) mass is 323 g/mol. The number of anilines is 1. The lowest BCUT2D eigenvalue weighted by Gasteiger charge is -2.05. The predicted molar refractivity (Wildman–Crippen MR) is 89.0 cm³/mol. The molecular formula is C17H17N5O2. The molecule has 0 bridgehead atoms. The van der Waals surface area contributed by atoms with Gasteiger partial charge >= 0.3 is 0 Å². The highest BCUT2D eigenvalue weighted by atomic mass is 16.3. The molecule has 122 valence electrons. The van der Waals surface area contributed by atoms with Crippen molar-refractivity contribution in [2.75, 3.05) is 5.32 Å². The van der Waals surface area contributed by atoms with Gasteiger partial charge in [0.15, 0.2) is 0 Å². The first-order valence-electron chi connectivity index (χ1n) is 7.48. The summed E-state index contributed by atoms with van der Waals surface area (Å²) in [5, 5.41) is 24.0. The smallest absolute Gasteiger partial charge is 0.248 e. The minimum atomic E-state index is -0.266. The number of aliphatic hydroxyl groups excluding tert-OH is 1. The number of tetrazole rings is 1. The summed E-state index contributed by atoms with van der Waals surface area (Å²) in [6.07, 6.45) is 0. The van der Waals surface area contributed by atoms with Crippen molar-refractivity contribution in [3.63, 3.8) is 0 Å². The van der Waals surface area contributed by atoms with E-state index in [9.17, 15) is 4.79 Å². The van der Waals surface area contributed by atoms with E-state index in [-0.39, 0.29) is 19.1 Å². The molecule has 0 fully saturated rings. The zero-order chi connectivity index (χ0) is 16.9. The van der Waals surface area contributed by atoms with Gasteiger partial charge < -0.3 is 10.4 Å². The minimum absolute atomic E-state index is 0.0395. The van der Waals surface area contributed by atoms with Crippen LogP contribution in [0.25, 0.3) is 11.4 Å². The molecule has 3 rings (SSSR count).